The van der Waals surface area contributed by atoms with Gasteiger partial charge >= 0.3 is 0 Å². The van der Waals surface area contributed by atoms with Gasteiger partial charge in [-0.25, -0.2) is 0 Å². The molecule has 1 aliphatic rings. The van der Waals surface area contributed by atoms with Crippen LogP contribution in [0.15, 0.2) is 47.3 Å². The van der Waals surface area contributed by atoms with E-state index in [2.05, 4.69) is 11.4 Å². The Morgan fingerprint density at radius 3 is 2.84 bits per heavy atom. The van der Waals surface area contributed by atoms with Crippen LogP contribution in [0.1, 0.15) is 28.8 Å². The zero-order valence-corrected chi connectivity index (χ0v) is 11.1. The normalized spacial score (nSPS) is 16.1. The number of furan rings is 1. The number of hydrogen-bond donors (Lipinski definition) is 1. The van der Waals surface area contributed by atoms with Gasteiger partial charge in [0.1, 0.15) is 6.26 Å². The first kappa shape index (κ1) is 12.3. The summed E-state index contributed by atoms with van der Waals surface area (Å²) in [5.74, 6) is -0.0953. The highest BCUT2D eigenvalue weighted by molar-refractivity contribution is 6.30. The van der Waals surface area contributed by atoms with Crippen molar-refractivity contribution in [3.05, 3.63) is 59.0 Å². The highest BCUT2D eigenvalue weighted by Gasteiger charge is 2.44. The quantitative estimate of drug-likeness (QED) is 0.929. The second-order valence-corrected chi connectivity index (χ2v) is 5.42. The van der Waals surface area contributed by atoms with Crippen molar-refractivity contribution in [1.82, 2.24) is 5.32 Å². The van der Waals surface area contributed by atoms with Crippen LogP contribution < -0.4 is 5.32 Å². The fourth-order valence-corrected chi connectivity index (χ4v) is 2.47. The fraction of sp³-hybridized carbons (Fsp3) is 0.267. The van der Waals surface area contributed by atoms with Crippen LogP contribution in [0.5, 0.6) is 0 Å². The van der Waals surface area contributed by atoms with Gasteiger partial charge in [-0.05, 0) is 36.6 Å². The van der Waals surface area contributed by atoms with Crippen LogP contribution in [0.25, 0.3) is 0 Å². The van der Waals surface area contributed by atoms with Crippen LogP contribution in [-0.4, -0.2) is 12.5 Å². The lowest BCUT2D eigenvalue weighted by Gasteiger charge is -2.16. The van der Waals surface area contributed by atoms with Gasteiger partial charge < -0.3 is 9.73 Å². The molecule has 1 saturated carbocycles. The van der Waals surface area contributed by atoms with Crippen LogP contribution in [0.2, 0.25) is 5.02 Å². The lowest BCUT2D eigenvalue weighted by Crippen LogP contribution is -2.32. The summed E-state index contributed by atoms with van der Waals surface area (Å²) >= 11 is 6.02. The highest BCUT2D eigenvalue weighted by atomic mass is 35.5. The molecule has 4 heteroatoms. The molecule has 3 rings (SSSR count). The Morgan fingerprint density at radius 2 is 2.21 bits per heavy atom. The first-order chi connectivity index (χ1) is 9.20. The average Bonchev–Trinajstić information content (AvgIpc) is 3.00. The minimum atomic E-state index is -0.0953. The Hall–Kier alpha value is -1.74. The number of carbonyl (C=O) groups excluding carboxylic acids is 1. The van der Waals surface area contributed by atoms with E-state index in [9.17, 15) is 4.79 Å². The molecule has 3 nitrogen and oxygen atoms in total. The molecule has 0 atom stereocenters. The van der Waals surface area contributed by atoms with Crippen LogP contribution in [0.4, 0.5) is 0 Å². The van der Waals surface area contributed by atoms with Gasteiger partial charge in [-0.2, -0.15) is 0 Å². The van der Waals surface area contributed by atoms with E-state index in [0.717, 1.165) is 17.9 Å². The number of hydrogen-bond acceptors (Lipinski definition) is 2. The molecule has 0 saturated heterocycles. The maximum Gasteiger partial charge on any atom is 0.254 e. The number of amides is 1. The molecule has 1 aromatic carbocycles. The molecule has 1 fully saturated rings. The topological polar surface area (TPSA) is 42.2 Å². The Bertz CT molecular complexity index is 588. The van der Waals surface area contributed by atoms with E-state index in [1.807, 2.05) is 18.2 Å². The summed E-state index contributed by atoms with van der Waals surface area (Å²) in [4.78, 5) is 11.9. The van der Waals surface area contributed by atoms with Gasteiger partial charge in [0, 0.05) is 17.0 Å². The highest BCUT2D eigenvalue weighted by Crippen LogP contribution is 2.48. The summed E-state index contributed by atoms with van der Waals surface area (Å²) in [6.07, 6.45) is 5.12. The van der Waals surface area contributed by atoms with Crippen LogP contribution in [-0.2, 0) is 5.41 Å². The van der Waals surface area contributed by atoms with Gasteiger partial charge in [-0.1, -0.05) is 23.7 Å². The first-order valence-electron chi connectivity index (χ1n) is 6.26. The molecule has 19 heavy (non-hydrogen) atoms. The van der Waals surface area contributed by atoms with Crippen LogP contribution in [0.3, 0.4) is 0 Å². The predicted molar refractivity (Wildman–Crippen MR) is 73.4 cm³/mol. The summed E-state index contributed by atoms with van der Waals surface area (Å²) in [7, 11) is 0. The van der Waals surface area contributed by atoms with E-state index >= 15 is 0 Å². The van der Waals surface area contributed by atoms with Gasteiger partial charge in [0.2, 0.25) is 0 Å². The summed E-state index contributed by atoms with van der Waals surface area (Å²) in [6.45, 7) is 0.636. The minimum Gasteiger partial charge on any atom is -0.472 e. The first-order valence-corrected chi connectivity index (χ1v) is 6.64. The smallest absolute Gasteiger partial charge is 0.254 e. The van der Waals surface area contributed by atoms with Crippen molar-refractivity contribution in [3.63, 3.8) is 0 Å². The SMILES string of the molecule is O=C(NCC1(c2cccc(Cl)c2)CC1)c1ccoc1. The maximum atomic E-state index is 11.9. The van der Waals surface area contributed by atoms with E-state index in [1.54, 1.807) is 6.07 Å². The lowest BCUT2D eigenvalue weighted by atomic mass is 9.96. The monoisotopic (exact) mass is 275 g/mol. The van der Waals surface area contributed by atoms with E-state index < -0.39 is 0 Å². The number of carbonyl (C=O) groups is 1. The molecular weight excluding hydrogens is 262 g/mol. The second-order valence-electron chi connectivity index (χ2n) is 4.99. The standard InChI is InChI=1S/C15H14ClNO2/c16-13-3-1-2-12(8-13)15(5-6-15)10-17-14(18)11-4-7-19-9-11/h1-4,7-9H,5-6,10H2,(H,17,18). The predicted octanol–water partition coefficient (Wildman–Crippen LogP) is 3.39. The summed E-state index contributed by atoms with van der Waals surface area (Å²) in [5, 5.41) is 3.70. The maximum absolute atomic E-state index is 11.9. The van der Waals surface area contributed by atoms with Crippen LogP contribution in [0, 0.1) is 0 Å². The number of halogens is 1. The number of benzene rings is 1. The van der Waals surface area contributed by atoms with Gasteiger partial charge in [-0.15, -0.1) is 0 Å². The fourth-order valence-electron chi connectivity index (χ4n) is 2.28. The Morgan fingerprint density at radius 1 is 1.37 bits per heavy atom. The average molecular weight is 276 g/mol. The van der Waals surface area contributed by atoms with E-state index in [0.29, 0.717) is 12.1 Å². The van der Waals surface area contributed by atoms with E-state index in [4.69, 9.17) is 16.0 Å². The summed E-state index contributed by atoms with van der Waals surface area (Å²) < 4.78 is 4.91. The molecule has 0 aliphatic heterocycles. The van der Waals surface area contributed by atoms with E-state index in [-0.39, 0.29) is 11.3 Å². The largest absolute Gasteiger partial charge is 0.472 e. The molecule has 0 unspecified atom stereocenters. The third kappa shape index (κ3) is 2.51. The van der Waals surface area contributed by atoms with Gasteiger partial charge in [0.15, 0.2) is 0 Å². The van der Waals surface area contributed by atoms with Crippen molar-refractivity contribution < 1.29 is 9.21 Å². The summed E-state index contributed by atoms with van der Waals surface area (Å²) in [5.41, 5.74) is 1.82. The third-order valence-electron chi connectivity index (χ3n) is 3.66. The molecule has 1 amide bonds. The molecule has 0 bridgehead atoms. The van der Waals surface area contributed by atoms with Crippen molar-refractivity contribution >= 4 is 17.5 Å². The molecule has 1 N–H and O–H groups in total. The van der Waals surface area contributed by atoms with Crippen molar-refractivity contribution in [2.24, 2.45) is 0 Å². The zero-order chi connectivity index (χ0) is 13.3. The summed E-state index contributed by atoms with van der Waals surface area (Å²) in [6, 6.07) is 9.54. The molecule has 1 aromatic heterocycles. The van der Waals surface area contributed by atoms with Gasteiger partial charge in [0.25, 0.3) is 5.91 Å². The second kappa shape index (κ2) is 4.74. The van der Waals surface area contributed by atoms with Crippen molar-refractivity contribution in [2.45, 2.75) is 18.3 Å². The van der Waals surface area contributed by atoms with Crippen molar-refractivity contribution in [2.75, 3.05) is 6.54 Å². The van der Waals surface area contributed by atoms with Crippen molar-refractivity contribution in [3.8, 4) is 0 Å². The van der Waals surface area contributed by atoms with Crippen LogP contribution >= 0.6 is 11.6 Å². The number of rotatable bonds is 4. The molecule has 1 heterocycles. The molecule has 1 aliphatic carbocycles. The molecule has 2 aromatic rings. The Kier molecular flexibility index (Phi) is 3.07. The molecule has 0 radical (unpaired) electrons. The minimum absolute atomic E-state index is 0.0598. The van der Waals surface area contributed by atoms with Crippen molar-refractivity contribution in [1.29, 1.82) is 0 Å². The van der Waals surface area contributed by atoms with Gasteiger partial charge in [0.05, 0.1) is 11.8 Å². The molecule has 0 spiro atoms. The number of nitrogens with one attached hydrogen (secondary N) is 1. The molecule has 98 valence electrons. The Labute approximate surface area is 116 Å². The molecular formula is C15H14ClNO2. The third-order valence-corrected chi connectivity index (χ3v) is 3.90. The van der Waals surface area contributed by atoms with E-state index in [1.165, 1.54) is 18.1 Å². The van der Waals surface area contributed by atoms with Gasteiger partial charge in [-0.3, -0.25) is 4.79 Å². The Balaban J connectivity index is 1.68. The lowest BCUT2D eigenvalue weighted by molar-refractivity contribution is 0.0949. The zero-order valence-electron chi connectivity index (χ0n) is 10.4.